The van der Waals surface area contributed by atoms with Gasteiger partial charge in [-0.25, -0.2) is 4.79 Å². The quantitative estimate of drug-likeness (QED) is 0.0341. The van der Waals surface area contributed by atoms with Crippen molar-refractivity contribution in [2.75, 3.05) is 6.54 Å². The highest BCUT2D eigenvalue weighted by molar-refractivity contribution is 6.00. The number of carbonyl (C=O) groups excluding carboxylic acids is 9. The predicted molar refractivity (Wildman–Crippen MR) is 223 cm³/mol. The SMILES string of the molecule is C[C@H](N)C(=O)NCC(=O)N[C@@H](CC(=O)O)C(=O)N[C@@H](CC(N)=O)C(=O)N[C@@H](CC(=O)O)C(=O)N[C@@H](C)C(=O)N[C@@H](CCC(=O)O)C(=O)N[C@@H](CC(=O)O)C(=O)N[C@@H](Cc1ccc(O)cc1)C(=O)O. The summed E-state index contributed by atoms with van der Waals surface area (Å²) in [6.45, 7) is 1.48. The maximum atomic E-state index is 13.4. The summed E-state index contributed by atoms with van der Waals surface area (Å²) in [4.78, 5) is 174. The number of amides is 9. The Balaban J connectivity index is 3.26. The van der Waals surface area contributed by atoms with E-state index >= 15 is 0 Å². The number of aliphatic carboxylic acids is 5. The molecule has 1 aromatic carbocycles. The molecular formula is C38H52N10O20. The van der Waals surface area contributed by atoms with Gasteiger partial charge in [0.15, 0.2) is 0 Å². The van der Waals surface area contributed by atoms with Crippen LogP contribution in [0, 0.1) is 0 Å². The first-order chi connectivity index (χ1) is 31.6. The van der Waals surface area contributed by atoms with Gasteiger partial charge in [0.1, 0.15) is 48.0 Å². The van der Waals surface area contributed by atoms with E-state index in [1.54, 1.807) is 0 Å². The number of primary amides is 1. The highest BCUT2D eigenvalue weighted by atomic mass is 16.4. The van der Waals surface area contributed by atoms with Gasteiger partial charge in [0.05, 0.1) is 38.3 Å². The average Bonchev–Trinajstić information content (AvgIpc) is 3.22. The average molecular weight is 969 g/mol. The molecule has 1 rings (SSSR count). The van der Waals surface area contributed by atoms with Crippen LogP contribution in [0.3, 0.4) is 0 Å². The number of nitrogens with two attached hydrogens (primary N) is 2. The van der Waals surface area contributed by atoms with Crippen molar-refractivity contribution in [2.45, 2.75) is 107 Å². The van der Waals surface area contributed by atoms with E-state index in [0.29, 0.717) is 5.56 Å². The lowest BCUT2D eigenvalue weighted by atomic mass is 10.0. The molecule has 0 aliphatic heterocycles. The Bertz CT molecular complexity index is 2100. The van der Waals surface area contributed by atoms with Gasteiger partial charge in [0.25, 0.3) is 0 Å². The second-order valence-corrected chi connectivity index (χ2v) is 14.8. The summed E-state index contributed by atoms with van der Waals surface area (Å²) in [5, 5.41) is 72.9. The summed E-state index contributed by atoms with van der Waals surface area (Å²) < 4.78 is 0. The van der Waals surface area contributed by atoms with Crippen LogP contribution in [0.4, 0.5) is 0 Å². The van der Waals surface area contributed by atoms with E-state index in [1.807, 2.05) is 26.6 Å². The minimum absolute atomic E-state index is 0.152. The number of benzene rings is 1. The van der Waals surface area contributed by atoms with Gasteiger partial charge >= 0.3 is 29.8 Å². The molecule has 8 atom stereocenters. The summed E-state index contributed by atoms with van der Waals surface area (Å²) in [7, 11) is 0. The molecule has 30 heteroatoms. The molecule has 68 heavy (non-hydrogen) atoms. The van der Waals surface area contributed by atoms with Gasteiger partial charge < -0.3 is 84.6 Å². The van der Waals surface area contributed by atoms with Crippen LogP contribution in [0.5, 0.6) is 5.75 Å². The molecule has 0 saturated carbocycles. The number of carboxylic acid groups (broad SMARTS) is 5. The Morgan fingerprint density at radius 1 is 0.500 bits per heavy atom. The van der Waals surface area contributed by atoms with Crippen molar-refractivity contribution < 1.29 is 97.8 Å². The fourth-order valence-electron chi connectivity index (χ4n) is 5.51. The largest absolute Gasteiger partial charge is 0.508 e. The van der Waals surface area contributed by atoms with Crippen LogP contribution in [0.2, 0.25) is 0 Å². The summed E-state index contributed by atoms with van der Waals surface area (Å²) in [6, 6.07) is -9.45. The third-order valence-corrected chi connectivity index (χ3v) is 8.95. The van der Waals surface area contributed by atoms with Crippen LogP contribution in [0.25, 0.3) is 0 Å². The lowest BCUT2D eigenvalue weighted by molar-refractivity contribution is -0.144. The van der Waals surface area contributed by atoms with Crippen molar-refractivity contribution in [3.8, 4) is 5.75 Å². The summed E-state index contributed by atoms with van der Waals surface area (Å²) >= 11 is 0. The van der Waals surface area contributed by atoms with Crippen LogP contribution >= 0.6 is 0 Å². The Morgan fingerprint density at radius 2 is 0.897 bits per heavy atom. The van der Waals surface area contributed by atoms with E-state index in [1.165, 1.54) is 31.2 Å². The van der Waals surface area contributed by atoms with Gasteiger partial charge in [0.2, 0.25) is 53.2 Å². The third kappa shape index (κ3) is 22.0. The second-order valence-electron chi connectivity index (χ2n) is 14.8. The van der Waals surface area contributed by atoms with Gasteiger partial charge in [-0.2, -0.15) is 0 Å². The van der Waals surface area contributed by atoms with Crippen LogP contribution in [-0.4, -0.2) is 169 Å². The van der Waals surface area contributed by atoms with Gasteiger partial charge in [-0.3, -0.25) is 62.3 Å². The van der Waals surface area contributed by atoms with E-state index in [-0.39, 0.29) is 12.2 Å². The standard InChI is InChI=1S/C38H52N10O20/c1-15(39)31(60)41-14-26(51)43-21(11-28(54)55)36(65)45-20(10-25(40)50)35(64)47-22(12-29(56)57)34(63)42-16(2)32(61)44-19(7-8-27(52)53)33(62)46-23(13-30(58)59)37(66)48-24(38(67)68)9-17-3-5-18(49)6-4-17/h3-6,15-16,19-24,49H,7-14,39H2,1-2H3,(H2,40,50)(H,41,60)(H,42,63)(H,43,51)(H,44,61)(H,45,65)(H,46,62)(H,47,64)(H,48,66)(H,52,53)(H,54,55)(H,56,57)(H,58,59)(H,67,68)/t15-,16-,19-,20-,21-,22-,23-,24-/m0/s1. The Labute approximate surface area is 383 Å². The topological polar surface area (TPSA) is 509 Å². The first-order valence-corrected chi connectivity index (χ1v) is 19.9. The molecule has 374 valence electrons. The maximum absolute atomic E-state index is 13.4. The lowest BCUT2D eigenvalue weighted by Crippen LogP contribution is -2.60. The van der Waals surface area contributed by atoms with Crippen LogP contribution in [0.1, 0.15) is 57.9 Å². The normalized spacial score (nSPS) is 14.2. The van der Waals surface area contributed by atoms with Crippen LogP contribution in [-0.2, 0) is 73.5 Å². The first kappa shape index (κ1) is 57.6. The minimum atomic E-state index is -2.13. The molecule has 30 nitrogen and oxygen atoms in total. The monoisotopic (exact) mass is 968 g/mol. The molecule has 0 radical (unpaired) electrons. The number of hydrogen-bond donors (Lipinski definition) is 16. The molecule has 0 aliphatic carbocycles. The van der Waals surface area contributed by atoms with E-state index in [2.05, 4.69) is 16.0 Å². The van der Waals surface area contributed by atoms with Crippen molar-refractivity contribution in [3.05, 3.63) is 29.8 Å². The molecule has 0 saturated heterocycles. The summed E-state index contributed by atoms with van der Waals surface area (Å²) in [5.41, 5.74) is 10.9. The summed E-state index contributed by atoms with van der Waals surface area (Å²) in [6.07, 6.45) is -6.46. The number of phenolic OH excluding ortho intramolecular Hbond substituents is 1. The maximum Gasteiger partial charge on any atom is 0.326 e. The van der Waals surface area contributed by atoms with E-state index < -0.39 is 176 Å². The van der Waals surface area contributed by atoms with Crippen LogP contribution < -0.4 is 54.0 Å². The van der Waals surface area contributed by atoms with Crippen molar-refractivity contribution >= 4 is 83.0 Å². The number of nitrogens with one attached hydrogen (secondary N) is 8. The van der Waals surface area contributed by atoms with Crippen molar-refractivity contribution in [3.63, 3.8) is 0 Å². The Kier molecular flexibility index (Phi) is 23.5. The van der Waals surface area contributed by atoms with Crippen LogP contribution in [0.15, 0.2) is 24.3 Å². The lowest BCUT2D eigenvalue weighted by Gasteiger charge is -2.26. The fourth-order valence-corrected chi connectivity index (χ4v) is 5.51. The molecule has 0 fully saturated rings. The van der Waals surface area contributed by atoms with Crippen molar-refractivity contribution in [2.24, 2.45) is 11.5 Å². The highest BCUT2D eigenvalue weighted by Crippen LogP contribution is 2.12. The molecule has 18 N–H and O–H groups in total. The van der Waals surface area contributed by atoms with E-state index in [9.17, 15) is 97.8 Å². The van der Waals surface area contributed by atoms with Gasteiger partial charge in [-0.1, -0.05) is 12.1 Å². The zero-order chi connectivity index (χ0) is 52.0. The highest BCUT2D eigenvalue weighted by Gasteiger charge is 2.35. The first-order valence-electron chi connectivity index (χ1n) is 19.9. The Morgan fingerprint density at radius 3 is 1.31 bits per heavy atom. The van der Waals surface area contributed by atoms with E-state index in [0.717, 1.165) is 6.92 Å². The summed E-state index contributed by atoms with van der Waals surface area (Å²) in [5.74, 6) is -19.7. The second kappa shape index (κ2) is 27.8. The number of rotatable bonds is 30. The molecule has 0 aliphatic rings. The zero-order valence-corrected chi connectivity index (χ0v) is 36.1. The fraction of sp³-hybridized carbons (Fsp3) is 0.474. The molecule has 0 bridgehead atoms. The molecular weight excluding hydrogens is 916 g/mol. The number of aromatic hydroxyl groups is 1. The van der Waals surface area contributed by atoms with Crippen molar-refractivity contribution in [1.29, 1.82) is 0 Å². The van der Waals surface area contributed by atoms with E-state index in [4.69, 9.17) is 11.5 Å². The van der Waals surface area contributed by atoms with Crippen molar-refractivity contribution in [1.82, 2.24) is 42.5 Å². The molecule has 0 spiro atoms. The van der Waals surface area contributed by atoms with Gasteiger partial charge in [0, 0.05) is 12.8 Å². The minimum Gasteiger partial charge on any atom is -0.508 e. The smallest absolute Gasteiger partial charge is 0.326 e. The Hall–Kier alpha value is -8.44. The van der Waals surface area contributed by atoms with Gasteiger partial charge in [-0.15, -0.1) is 0 Å². The van der Waals surface area contributed by atoms with Gasteiger partial charge in [-0.05, 0) is 38.0 Å². The third-order valence-electron chi connectivity index (χ3n) is 8.95. The molecule has 9 amide bonds. The molecule has 0 heterocycles. The predicted octanol–water partition coefficient (Wildman–Crippen LogP) is -6.94. The molecule has 0 unspecified atom stereocenters. The molecule has 1 aromatic rings. The molecule has 0 aromatic heterocycles. The number of hydrogen-bond acceptors (Lipinski definition) is 16. The number of phenols is 1. The number of carboxylic acids is 5. The number of carbonyl (C=O) groups is 14. The zero-order valence-electron chi connectivity index (χ0n) is 36.1.